The second-order valence-electron chi connectivity index (χ2n) is 6.99. The number of amides is 1. The number of rotatable bonds is 6. The summed E-state index contributed by atoms with van der Waals surface area (Å²) in [5, 5.41) is 7.35. The first-order chi connectivity index (χ1) is 13.3. The van der Waals surface area contributed by atoms with E-state index in [1.807, 2.05) is 47.3 Å². The van der Waals surface area contributed by atoms with Crippen molar-refractivity contribution >= 4 is 5.91 Å². The molecule has 1 fully saturated rings. The molecule has 1 unspecified atom stereocenters. The third-order valence-electron chi connectivity index (χ3n) is 4.98. The number of carbonyl (C=O) groups excluding carboxylic acids is 1. The minimum absolute atomic E-state index is 0.0306. The summed E-state index contributed by atoms with van der Waals surface area (Å²) in [7, 11) is 0. The maximum Gasteiger partial charge on any atom is 0.224 e. The number of nitrogens with one attached hydrogen (secondary N) is 1. The van der Waals surface area contributed by atoms with Crippen LogP contribution < -0.4 is 5.32 Å². The van der Waals surface area contributed by atoms with Crippen LogP contribution in [0.1, 0.15) is 24.2 Å². The van der Waals surface area contributed by atoms with Gasteiger partial charge >= 0.3 is 0 Å². The Hall–Kier alpha value is -2.86. The Morgan fingerprint density at radius 3 is 3.04 bits per heavy atom. The molecule has 2 aromatic heterocycles. The Kier molecular flexibility index (Phi) is 5.34. The van der Waals surface area contributed by atoms with E-state index in [9.17, 15) is 4.79 Å². The number of hydrogen-bond acceptors (Lipinski definition) is 4. The summed E-state index contributed by atoms with van der Waals surface area (Å²) >= 11 is 0. The molecule has 140 valence electrons. The number of hydrogen-bond donors (Lipinski definition) is 1. The predicted molar refractivity (Wildman–Crippen MR) is 102 cm³/mol. The van der Waals surface area contributed by atoms with E-state index < -0.39 is 0 Å². The van der Waals surface area contributed by atoms with Gasteiger partial charge < -0.3 is 9.73 Å². The van der Waals surface area contributed by atoms with Crippen LogP contribution in [-0.2, 0) is 17.9 Å². The molecule has 0 bridgehead atoms. The Bertz CT molecular complexity index is 858. The molecule has 3 aromatic rings. The lowest BCUT2D eigenvalue weighted by Gasteiger charge is -2.31. The van der Waals surface area contributed by atoms with Gasteiger partial charge in [-0.2, -0.15) is 5.10 Å². The summed E-state index contributed by atoms with van der Waals surface area (Å²) in [6, 6.07) is 13.9. The molecule has 6 nitrogen and oxygen atoms in total. The fourth-order valence-electron chi connectivity index (χ4n) is 3.60. The Morgan fingerprint density at radius 1 is 1.26 bits per heavy atom. The normalized spacial score (nSPS) is 17.7. The lowest BCUT2D eigenvalue weighted by atomic mass is 9.97. The number of benzene rings is 1. The quantitative estimate of drug-likeness (QED) is 0.730. The van der Waals surface area contributed by atoms with Gasteiger partial charge in [0.25, 0.3) is 0 Å². The van der Waals surface area contributed by atoms with Gasteiger partial charge in [-0.15, -0.1) is 0 Å². The SMILES string of the molecule is O=C(NCc1cccc(-n2cccn2)c1)C1CCCN(Cc2ccco2)C1. The summed E-state index contributed by atoms with van der Waals surface area (Å²) in [4.78, 5) is 15.0. The van der Waals surface area contributed by atoms with Crippen LogP contribution in [0.25, 0.3) is 5.69 Å². The molecule has 1 atom stereocenters. The first-order valence-corrected chi connectivity index (χ1v) is 9.39. The van der Waals surface area contributed by atoms with E-state index in [1.54, 1.807) is 12.5 Å². The van der Waals surface area contributed by atoms with E-state index in [4.69, 9.17) is 4.42 Å². The number of likely N-dealkylation sites (tertiary alicyclic amines) is 1. The monoisotopic (exact) mass is 364 g/mol. The van der Waals surface area contributed by atoms with Gasteiger partial charge in [0, 0.05) is 25.5 Å². The molecule has 0 saturated carbocycles. The van der Waals surface area contributed by atoms with Crippen molar-refractivity contribution in [1.82, 2.24) is 20.0 Å². The van der Waals surface area contributed by atoms with E-state index in [0.717, 1.165) is 49.5 Å². The summed E-state index contributed by atoms with van der Waals surface area (Å²) in [6.45, 7) is 3.08. The number of aromatic nitrogens is 2. The number of piperidine rings is 1. The standard InChI is InChI=1S/C21H24N4O2/c26-21(18-6-2-10-24(15-18)16-20-8-3-12-27-20)22-14-17-5-1-7-19(13-17)25-11-4-9-23-25/h1,3-5,7-9,11-13,18H,2,6,10,14-16H2,(H,22,26). The van der Waals surface area contributed by atoms with Gasteiger partial charge in [-0.1, -0.05) is 12.1 Å². The zero-order valence-corrected chi connectivity index (χ0v) is 15.3. The van der Waals surface area contributed by atoms with Crippen molar-refractivity contribution in [2.75, 3.05) is 13.1 Å². The maximum atomic E-state index is 12.7. The fraction of sp³-hybridized carbons (Fsp3) is 0.333. The van der Waals surface area contributed by atoms with Crippen LogP contribution in [0.2, 0.25) is 0 Å². The fourth-order valence-corrected chi connectivity index (χ4v) is 3.60. The molecule has 1 amide bonds. The molecule has 1 aliphatic heterocycles. The molecule has 1 N–H and O–H groups in total. The lowest BCUT2D eigenvalue weighted by molar-refractivity contribution is -0.127. The van der Waals surface area contributed by atoms with Gasteiger partial charge in [-0.3, -0.25) is 9.69 Å². The maximum absolute atomic E-state index is 12.7. The first-order valence-electron chi connectivity index (χ1n) is 9.39. The first kappa shape index (κ1) is 17.5. The lowest BCUT2D eigenvalue weighted by Crippen LogP contribution is -2.42. The highest BCUT2D eigenvalue weighted by atomic mass is 16.3. The van der Waals surface area contributed by atoms with Gasteiger partial charge in [-0.25, -0.2) is 4.68 Å². The van der Waals surface area contributed by atoms with Gasteiger partial charge in [0.1, 0.15) is 5.76 Å². The van der Waals surface area contributed by atoms with Crippen molar-refractivity contribution in [2.24, 2.45) is 5.92 Å². The highest BCUT2D eigenvalue weighted by Crippen LogP contribution is 2.19. The highest BCUT2D eigenvalue weighted by Gasteiger charge is 2.26. The smallest absolute Gasteiger partial charge is 0.224 e. The van der Waals surface area contributed by atoms with Crippen LogP contribution in [-0.4, -0.2) is 33.7 Å². The number of nitrogens with zero attached hydrogens (tertiary/aromatic N) is 3. The molecule has 0 radical (unpaired) electrons. The third kappa shape index (κ3) is 4.46. The van der Waals surface area contributed by atoms with Crippen molar-refractivity contribution in [3.8, 4) is 5.69 Å². The van der Waals surface area contributed by atoms with E-state index in [-0.39, 0.29) is 11.8 Å². The molecule has 27 heavy (non-hydrogen) atoms. The zero-order chi connectivity index (χ0) is 18.5. The van der Waals surface area contributed by atoms with Crippen molar-refractivity contribution in [2.45, 2.75) is 25.9 Å². The molecule has 0 spiro atoms. The molecule has 6 heteroatoms. The minimum atomic E-state index is 0.0306. The van der Waals surface area contributed by atoms with Crippen LogP contribution in [0.5, 0.6) is 0 Å². The van der Waals surface area contributed by atoms with E-state index in [0.29, 0.717) is 6.54 Å². The second-order valence-corrected chi connectivity index (χ2v) is 6.99. The molecule has 0 aliphatic carbocycles. The largest absolute Gasteiger partial charge is 0.468 e. The number of furan rings is 1. The van der Waals surface area contributed by atoms with Gasteiger partial charge in [0.15, 0.2) is 0 Å². The van der Waals surface area contributed by atoms with Crippen LogP contribution in [0, 0.1) is 5.92 Å². The van der Waals surface area contributed by atoms with Crippen molar-refractivity contribution in [3.63, 3.8) is 0 Å². The second kappa shape index (κ2) is 8.22. The van der Waals surface area contributed by atoms with Crippen molar-refractivity contribution < 1.29 is 9.21 Å². The van der Waals surface area contributed by atoms with Crippen LogP contribution in [0.15, 0.2) is 65.5 Å². The molecule has 1 aliphatic rings. The Balaban J connectivity index is 1.32. The van der Waals surface area contributed by atoms with E-state index in [1.165, 1.54) is 0 Å². The summed E-state index contributed by atoms with van der Waals surface area (Å²) in [6.07, 6.45) is 7.33. The molecular weight excluding hydrogens is 340 g/mol. The van der Waals surface area contributed by atoms with Crippen LogP contribution >= 0.6 is 0 Å². The summed E-state index contributed by atoms with van der Waals surface area (Å²) in [5.41, 5.74) is 2.06. The Morgan fingerprint density at radius 2 is 2.22 bits per heavy atom. The van der Waals surface area contributed by atoms with E-state index in [2.05, 4.69) is 21.4 Å². The van der Waals surface area contributed by atoms with Gasteiger partial charge in [-0.05, 0) is 55.3 Å². The predicted octanol–water partition coefficient (Wildman–Crippen LogP) is 2.99. The topological polar surface area (TPSA) is 63.3 Å². The molecule has 1 aromatic carbocycles. The molecule has 4 rings (SSSR count). The van der Waals surface area contributed by atoms with Crippen LogP contribution in [0.4, 0.5) is 0 Å². The summed E-state index contributed by atoms with van der Waals surface area (Å²) in [5.74, 6) is 1.11. The average molecular weight is 364 g/mol. The van der Waals surface area contributed by atoms with E-state index >= 15 is 0 Å². The molecule has 1 saturated heterocycles. The van der Waals surface area contributed by atoms with Gasteiger partial charge in [0.2, 0.25) is 5.91 Å². The van der Waals surface area contributed by atoms with Crippen molar-refractivity contribution in [1.29, 1.82) is 0 Å². The zero-order valence-electron chi connectivity index (χ0n) is 15.3. The van der Waals surface area contributed by atoms with Crippen molar-refractivity contribution in [3.05, 3.63) is 72.4 Å². The minimum Gasteiger partial charge on any atom is -0.468 e. The molecular formula is C21H24N4O2. The Labute approximate surface area is 158 Å². The highest BCUT2D eigenvalue weighted by molar-refractivity contribution is 5.79. The average Bonchev–Trinajstić information content (AvgIpc) is 3.41. The third-order valence-corrected chi connectivity index (χ3v) is 4.98. The van der Waals surface area contributed by atoms with Gasteiger partial charge in [0.05, 0.1) is 24.4 Å². The van der Waals surface area contributed by atoms with Crippen LogP contribution in [0.3, 0.4) is 0 Å². The number of carbonyl (C=O) groups is 1. The summed E-state index contributed by atoms with van der Waals surface area (Å²) < 4.78 is 7.25. The molecule has 3 heterocycles.